The van der Waals surface area contributed by atoms with Crippen LogP contribution in [0.5, 0.6) is 5.75 Å². The molecule has 1 aromatic carbocycles. The Morgan fingerprint density at radius 2 is 2.00 bits per heavy atom. The Bertz CT molecular complexity index is 637. The van der Waals surface area contributed by atoms with Crippen molar-refractivity contribution >= 4 is 11.9 Å². The molecule has 3 rings (SSSR count). The highest BCUT2D eigenvalue weighted by atomic mass is 16.5. The summed E-state index contributed by atoms with van der Waals surface area (Å²) in [6.07, 6.45) is 5.51. The van der Waals surface area contributed by atoms with Crippen LogP contribution in [-0.2, 0) is 9.59 Å². The molecule has 5 heteroatoms. The number of ether oxygens (including phenoxy) is 1. The first kappa shape index (κ1) is 17.8. The lowest BCUT2D eigenvalue weighted by molar-refractivity contribution is -0.143. The molecule has 136 valence electrons. The molecule has 1 N–H and O–H groups in total. The predicted octanol–water partition coefficient (Wildman–Crippen LogP) is 3.35. The molecule has 1 atom stereocenters. The highest BCUT2D eigenvalue weighted by Crippen LogP contribution is 2.39. The summed E-state index contributed by atoms with van der Waals surface area (Å²) in [4.78, 5) is 24.2. The third-order valence-corrected chi connectivity index (χ3v) is 5.38. The molecule has 2 fully saturated rings. The van der Waals surface area contributed by atoms with Gasteiger partial charge in [-0.25, -0.2) is 0 Å². The zero-order valence-electron chi connectivity index (χ0n) is 14.9. The number of aliphatic carboxylic acids is 1. The number of carboxylic acids is 1. The van der Waals surface area contributed by atoms with Gasteiger partial charge in [-0.05, 0) is 43.7 Å². The van der Waals surface area contributed by atoms with Gasteiger partial charge >= 0.3 is 5.97 Å². The normalized spacial score (nSPS) is 20.8. The molecule has 2 aliphatic rings. The van der Waals surface area contributed by atoms with E-state index in [1.54, 1.807) is 4.90 Å². The van der Waals surface area contributed by atoms with Crippen molar-refractivity contribution in [1.29, 1.82) is 0 Å². The molecule has 1 aliphatic heterocycles. The van der Waals surface area contributed by atoms with E-state index in [-0.39, 0.29) is 11.8 Å². The first-order valence-corrected chi connectivity index (χ1v) is 9.26. The third kappa shape index (κ3) is 4.53. The van der Waals surface area contributed by atoms with Crippen LogP contribution >= 0.6 is 0 Å². The van der Waals surface area contributed by atoms with Crippen molar-refractivity contribution < 1.29 is 19.4 Å². The van der Waals surface area contributed by atoms with Gasteiger partial charge in [0.15, 0.2) is 0 Å². The Morgan fingerprint density at radius 3 is 2.72 bits per heavy atom. The number of likely N-dealkylation sites (tertiary alicyclic amines) is 1. The van der Waals surface area contributed by atoms with Crippen LogP contribution in [0.2, 0.25) is 0 Å². The molecule has 1 saturated carbocycles. The van der Waals surface area contributed by atoms with Gasteiger partial charge in [0.25, 0.3) is 0 Å². The minimum absolute atomic E-state index is 0.274. The molecule has 0 unspecified atom stereocenters. The summed E-state index contributed by atoms with van der Waals surface area (Å²) >= 11 is 0. The van der Waals surface area contributed by atoms with Gasteiger partial charge in [0, 0.05) is 19.0 Å². The monoisotopic (exact) mass is 345 g/mol. The third-order valence-electron chi connectivity index (χ3n) is 5.38. The fourth-order valence-electron chi connectivity index (χ4n) is 4.00. The maximum atomic E-state index is 11.8. The lowest BCUT2D eigenvalue weighted by Crippen LogP contribution is -2.31. The molecule has 0 radical (unpaired) electrons. The summed E-state index contributed by atoms with van der Waals surface area (Å²) in [5.41, 5.74) is 2.59. The van der Waals surface area contributed by atoms with E-state index in [0.29, 0.717) is 25.6 Å². The van der Waals surface area contributed by atoms with Crippen LogP contribution in [0.3, 0.4) is 0 Å². The Morgan fingerprint density at radius 1 is 1.24 bits per heavy atom. The molecule has 0 aromatic heterocycles. The molecule has 0 spiro atoms. The number of carboxylic acid groups (broad SMARTS) is 1. The number of carbonyl (C=O) groups is 2. The highest BCUT2D eigenvalue weighted by molar-refractivity contribution is 5.93. The summed E-state index contributed by atoms with van der Waals surface area (Å²) in [5.74, 6) is 0.498. The van der Waals surface area contributed by atoms with Crippen molar-refractivity contribution in [2.45, 2.75) is 51.4 Å². The summed E-state index contributed by atoms with van der Waals surface area (Å²) in [5, 5.41) is 8.75. The number of rotatable bonds is 6. The van der Waals surface area contributed by atoms with E-state index in [1.165, 1.54) is 36.8 Å². The van der Waals surface area contributed by atoms with Crippen LogP contribution in [0.4, 0.5) is 0 Å². The fourth-order valence-corrected chi connectivity index (χ4v) is 4.00. The van der Waals surface area contributed by atoms with Crippen molar-refractivity contribution in [3.05, 3.63) is 29.3 Å². The summed E-state index contributed by atoms with van der Waals surface area (Å²) in [6, 6.07) is 6.42. The van der Waals surface area contributed by atoms with Gasteiger partial charge in [0.2, 0.25) is 5.91 Å². The zero-order valence-corrected chi connectivity index (χ0v) is 14.9. The van der Waals surface area contributed by atoms with E-state index in [2.05, 4.69) is 25.1 Å². The molecule has 5 nitrogen and oxygen atoms in total. The molecule has 1 aliphatic carbocycles. The maximum absolute atomic E-state index is 11.8. The van der Waals surface area contributed by atoms with Crippen molar-refractivity contribution in [2.24, 2.45) is 5.92 Å². The highest BCUT2D eigenvalue weighted by Gasteiger charge is 2.28. The average Bonchev–Trinajstić information content (AvgIpc) is 3.25. The lowest BCUT2D eigenvalue weighted by atomic mass is 9.95. The van der Waals surface area contributed by atoms with E-state index in [9.17, 15) is 9.59 Å². The second-order valence-corrected chi connectivity index (χ2v) is 7.40. The van der Waals surface area contributed by atoms with Gasteiger partial charge in [0.05, 0.1) is 6.61 Å². The van der Waals surface area contributed by atoms with Gasteiger partial charge in [0.1, 0.15) is 12.2 Å². The smallest absolute Gasteiger partial charge is 0.312 e. The second kappa shape index (κ2) is 7.89. The molecule has 1 saturated heterocycles. The Hall–Kier alpha value is -2.04. The van der Waals surface area contributed by atoms with Gasteiger partial charge in [-0.1, -0.05) is 30.5 Å². The van der Waals surface area contributed by atoms with E-state index >= 15 is 0 Å². The average molecular weight is 345 g/mol. The fraction of sp³-hybridized carbons (Fsp3) is 0.600. The Kier molecular flexibility index (Phi) is 5.61. The molecular weight excluding hydrogens is 318 g/mol. The quantitative estimate of drug-likeness (QED) is 0.803. The van der Waals surface area contributed by atoms with Crippen LogP contribution in [0.15, 0.2) is 18.2 Å². The summed E-state index contributed by atoms with van der Waals surface area (Å²) < 4.78 is 6.14. The zero-order chi connectivity index (χ0) is 17.8. The van der Waals surface area contributed by atoms with E-state index in [4.69, 9.17) is 9.84 Å². The van der Waals surface area contributed by atoms with Crippen molar-refractivity contribution in [3.8, 4) is 5.75 Å². The van der Waals surface area contributed by atoms with Crippen LogP contribution in [0.1, 0.15) is 55.6 Å². The van der Waals surface area contributed by atoms with Gasteiger partial charge < -0.3 is 14.7 Å². The summed E-state index contributed by atoms with van der Waals surface area (Å²) in [6.45, 7) is 3.92. The van der Waals surface area contributed by atoms with Crippen molar-refractivity contribution in [2.75, 3.05) is 19.7 Å². The Labute approximate surface area is 149 Å². The van der Waals surface area contributed by atoms with Crippen molar-refractivity contribution in [3.63, 3.8) is 0 Å². The Balaban J connectivity index is 1.57. The molecule has 25 heavy (non-hydrogen) atoms. The molecular formula is C20H27NO4. The topological polar surface area (TPSA) is 66.8 Å². The first-order valence-electron chi connectivity index (χ1n) is 9.26. The molecule has 1 amide bonds. The number of amides is 1. The van der Waals surface area contributed by atoms with Gasteiger partial charge in [-0.2, -0.15) is 0 Å². The van der Waals surface area contributed by atoms with E-state index in [0.717, 1.165) is 12.2 Å². The van der Waals surface area contributed by atoms with Crippen LogP contribution < -0.4 is 4.74 Å². The van der Waals surface area contributed by atoms with Crippen molar-refractivity contribution in [1.82, 2.24) is 4.90 Å². The summed E-state index contributed by atoms with van der Waals surface area (Å²) in [7, 11) is 0. The molecule has 0 bridgehead atoms. The lowest BCUT2D eigenvalue weighted by Gasteiger charge is -2.19. The van der Waals surface area contributed by atoms with Gasteiger partial charge in [-0.3, -0.25) is 9.59 Å². The van der Waals surface area contributed by atoms with Crippen LogP contribution in [0, 0.1) is 12.8 Å². The first-order chi connectivity index (χ1) is 12.0. The largest absolute Gasteiger partial charge is 0.493 e. The van der Waals surface area contributed by atoms with E-state index in [1.807, 2.05) is 0 Å². The standard InChI is InChI=1S/C20H27NO4/c1-14-6-7-18(17(10-14)16-4-2-3-5-16)25-13-15-8-9-21(12-15)19(22)11-20(23)24/h6-7,10,15-16H,2-5,8-9,11-13H2,1H3,(H,23,24)/t15-/m0/s1. The molecule has 1 heterocycles. The number of nitrogens with zero attached hydrogens (tertiary/aromatic N) is 1. The number of hydrogen-bond acceptors (Lipinski definition) is 3. The number of carbonyl (C=O) groups excluding carboxylic acids is 1. The van der Waals surface area contributed by atoms with Crippen LogP contribution in [0.25, 0.3) is 0 Å². The van der Waals surface area contributed by atoms with E-state index < -0.39 is 12.4 Å². The molecule has 1 aromatic rings. The SMILES string of the molecule is Cc1ccc(OC[C@H]2CCN(C(=O)CC(=O)O)C2)c(C2CCCC2)c1. The number of aryl methyl sites for hydroxylation is 1. The number of hydrogen-bond donors (Lipinski definition) is 1. The second-order valence-electron chi connectivity index (χ2n) is 7.40. The maximum Gasteiger partial charge on any atom is 0.312 e. The van der Waals surface area contributed by atoms with Gasteiger partial charge in [-0.15, -0.1) is 0 Å². The minimum Gasteiger partial charge on any atom is -0.493 e. The minimum atomic E-state index is -1.06. The number of benzene rings is 1. The van der Waals surface area contributed by atoms with Crippen LogP contribution in [-0.4, -0.2) is 41.6 Å². The predicted molar refractivity (Wildman–Crippen MR) is 94.8 cm³/mol.